The van der Waals surface area contributed by atoms with E-state index < -0.39 is 121 Å². The van der Waals surface area contributed by atoms with E-state index in [4.69, 9.17) is 10.8 Å². The van der Waals surface area contributed by atoms with E-state index in [1.165, 1.54) is 38.1 Å². The lowest BCUT2D eigenvalue weighted by molar-refractivity contribution is -0.143. The minimum atomic E-state index is -1.76. The number of carbonyl (C=O) groups excluding carboxylic acids is 5. The van der Waals surface area contributed by atoms with Gasteiger partial charge in [-0.1, -0.05) is 39.8 Å². The molecule has 0 saturated carbocycles. The first kappa shape index (κ1) is 42.7. The van der Waals surface area contributed by atoms with Gasteiger partial charge in [0.1, 0.15) is 42.0 Å². The molecule has 0 fully saturated rings. The van der Waals surface area contributed by atoms with Crippen molar-refractivity contribution in [1.29, 1.82) is 0 Å². The Balaban J connectivity index is 3.21. The van der Waals surface area contributed by atoms with Crippen molar-refractivity contribution in [3.05, 3.63) is 29.8 Å². The highest BCUT2D eigenvalue weighted by Crippen LogP contribution is 2.13. The summed E-state index contributed by atoms with van der Waals surface area (Å²) in [5.41, 5.74) is 5.92. The van der Waals surface area contributed by atoms with Crippen LogP contribution in [0.4, 0.5) is 0 Å². The van der Waals surface area contributed by atoms with Crippen molar-refractivity contribution in [3.8, 4) is 5.75 Å². The normalized spacial score (nSPS) is 14.6. The SMILES string of the molecule is CC(C)[C@H](NC(=O)[C@H](CC(=O)O)NC(=O)[C@@H](NC(=O)[C@@H](N)CO)C(C)C)C(=O)N[C@@H](CCC(=O)O)C(=O)N[C@@H](Cc1ccc(O)cc1)C(=O)O. The van der Waals surface area contributed by atoms with Gasteiger partial charge in [-0.15, -0.1) is 0 Å². The van der Waals surface area contributed by atoms with Crippen molar-refractivity contribution in [2.24, 2.45) is 17.6 Å². The lowest BCUT2D eigenvalue weighted by atomic mass is 10.00. The Hall–Kier alpha value is -5.30. The summed E-state index contributed by atoms with van der Waals surface area (Å²) in [7, 11) is 0. The molecule has 0 aromatic heterocycles. The smallest absolute Gasteiger partial charge is 0.326 e. The van der Waals surface area contributed by atoms with Gasteiger partial charge in [-0.05, 0) is 36.0 Å². The molecule has 0 aliphatic rings. The highest BCUT2D eigenvalue weighted by atomic mass is 16.4. The van der Waals surface area contributed by atoms with Gasteiger partial charge in [-0.25, -0.2) is 4.79 Å². The molecule has 0 saturated heterocycles. The maximum atomic E-state index is 13.4. The Bertz CT molecular complexity index is 1390. The fourth-order valence-electron chi connectivity index (χ4n) is 4.45. The van der Waals surface area contributed by atoms with Gasteiger partial charge < -0.3 is 57.9 Å². The third-order valence-electron chi connectivity index (χ3n) is 7.31. The third kappa shape index (κ3) is 14.4. The molecule has 0 heterocycles. The Morgan fingerprint density at radius 2 is 1.10 bits per heavy atom. The van der Waals surface area contributed by atoms with Crippen molar-refractivity contribution < 1.29 is 63.9 Å². The zero-order valence-electron chi connectivity index (χ0n) is 28.0. The van der Waals surface area contributed by atoms with Gasteiger partial charge in [-0.3, -0.25) is 33.6 Å². The molecule has 19 nitrogen and oxygen atoms in total. The van der Waals surface area contributed by atoms with Crippen molar-refractivity contribution in [1.82, 2.24) is 26.6 Å². The first-order valence-electron chi connectivity index (χ1n) is 15.6. The van der Waals surface area contributed by atoms with Crippen molar-refractivity contribution in [2.75, 3.05) is 6.61 Å². The van der Waals surface area contributed by atoms with E-state index in [1.807, 2.05) is 0 Å². The fraction of sp³-hybridized carbons (Fsp3) is 0.548. The van der Waals surface area contributed by atoms with Crippen LogP contribution >= 0.6 is 0 Å². The number of hydrogen-bond acceptors (Lipinski definition) is 11. The van der Waals surface area contributed by atoms with Gasteiger partial charge >= 0.3 is 17.9 Å². The number of aliphatic hydroxyl groups is 1. The number of carboxylic acid groups (broad SMARTS) is 3. The van der Waals surface area contributed by atoms with Gasteiger partial charge in [0.15, 0.2) is 0 Å². The standard InChI is InChI=1S/C31H46N6O13/c1-14(2)24(36-26(44)18(32)13-38)30(48)34-20(12-23(42)43)28(46)37-25(15(3)4)29(47)33-19(9-10-22(40)41)27(45)35-21(31(49)50)11-16-5-7-17(39)8-6-16/h5-8,14-15,18-21,24-25,38-39H,9-13,32H2,1-4H3,(H,33,47)(H,34,48)(H,35,45)(H,36,44)(H,37,46)(H,40,41)(H,42,43)(H,49,50)/t18-,19-,20-,21-,24-,25-/m0/s1. The van der Waals surface area contributed by atoms with Gasteiger partial charge in [0, 0.05) is 12.8 Å². The Kier molecular flexibility index (Phi) is 17.3. The molecule has 50 heavy (non-hydrogen) atoms. The number of amides is 5. The minimum Gasteiger partial charge on any atom is -0.508 e. The molecule has 1 aromatic carbocycles. The lowest BCUT2D eigenvalue weighted by Crippen LogP contribution is -2.61. The lowest BCUT2D eigenvalue weighted by Gasteiger charge is -2.28. The molecule has 278 valence electrons. The quantitative estimate of drug-likeness (QED) is 0.0624. The highest BCUT2D eigenvalue weighted by molar-refractivity contribution is 5.97. The fourth-order valence-corrected chi connectivity index (χ4v) is 4.45. The van der Waals surface area contributed by atoms with Gasteiger partial charge in [0.05, 0.1) is 13.0 Å². The number of nitrogens with one attached hydrogen (secondary N) is 5. The van der Waals surface area contributed by atoms with Crippen LogP contribution in [0.25, 0.3) is 0 Å². The number of nitrogens with two attached hydrogens (primary N) is 1. The topological polar surface area (TPSA) is 324 Å². The average molecular weight is 711 g/mol. The Morgan fingerprint density at radius 3 is 1.54 bits per heavy atom. The van der Waals surface area contributed by atoms with E-state index >= 15 is 0 Å². The molecule has 19 heteroatoms. The number of aliphatic carboxylic acids is 3. The van der Waals surface area contributed by atoms with Crippen LogP contribution in [-0.2, 0) is 44.8 Å². The van der Waals surface area contributed by atoms with Crippen LogP contribution in [-0.4, -0.2) is 116 Å². The summed E-state index contributed by atoms with van der Waals surface area (Å²) < 4.78 is 0. The highest BCUT2D eigenvalue weighted by Gasteiger charge is 2.35. The molecule has 5 amide bonds. The number of phenolic OH excluding ortho intramolecular Hbond substituents is 1. The van der Waals surface area contributed by atoms with Crippen molar-refractivity contribution >= 4 is 47.4 Å². The summed E-state index contributed by atoms with van der Waals surface area (Å²) in [6.07, 6.45) is -2.26. The number of hydrogen-bond donors (Lipinski definition) is 11. The number of rotatable bonds is 21. The monoisotopic (exact) mass is 710 g/mol. The van der Waals surface area contributed by atoms with E-state index in [2.05, 4.69) is 26.6 Å². The molecule has 1 rings (SSSR count). The van der Waals surface area contributed by atoms with E-state index in [0.717, 1.165) is 0 Å². The zero-order valence-corrected chi connectivity index (χ0v) is 28.0. The van der Waals surface area contributed by atoms with Gasteiger partial charge in [0.2, 0.25) is 29.5 Å². The second kappa shape index (κ2) is 20.3. The van der Waals surface area contributed by atoms with Crippen LogP contribution in [0.3, 0.4) is 0 Å². The molecule has 0 aliphatic heterocycles. The first-order chi connectivity index (χ1) is 23.3. The van der Waals surface area contributed by atoms with Crippen LogP contribution in [0.2, 0.25) is 0 Å². The number of aliphatic hydroxyl groups excluding tert-OH is 1. The summed E-state index contributed by atoms with van der Waals surface area (Å²) >= 11 is 0. The largest absolute Gasteiger partial charge is 0.508 e. The summed E-state index contributed by atoms with van der Waals surface area (Å²) in [6.45, 7) is 5.36. The molecule has 0 radical (unpaired) electrons. The second-order valence-corrected chi connectivity index (χ2v) is 12.2. The molecule has 0 unspecified atom stereocenters. The molecule has 1 aromatic rings. The number of aromatic hydroxyl groups is 1. The van der Waals surface area contributed by atoms with Crippen LogP contribution < -0.4 is 32.3 Å². The zero-order chi connectivity index (χ0) is 38.3. The van der Waals surface area contributed by atoms with Crippen LogP contribution in [0.15, 0.2) is 24.3 Å². The van der Waals surface area contributed by atoms with Crippen molar-refractivity contribution in [2.45, 2.75) is 89.6 Å². The van der Waals surface area contributed by atoms with Gasteiger partial charge in [-0.2, -0.15) is 0 Å². The maximum absolute atomic E-state index is 13.4. The second-order valence-electron chi connectivity index (χ2n) is 12.2. The van der Waals surface area contributed by atoms with E-state index in [9.17, 15) is 58.8 Å². The maximum Gasteiger partial charge on any atom is 0.326 e. The Morgan fingerprint density at radius 1 is 0.640 bits per heavy atom. The molecule has 0 aliphatic carbocycles. The van der Waals surface area contributed by atoms with Crippen LogP contribution in [0.5, 0.6) is 5.75 Å². The summed E-state index contributed by atoms with van der Waals surface area (Å²) in [5.74, 6) is -10.7. The number of carboxylic acids is 3. The third-order valence-corrected chi connectivity index (χ3v) is 7.31. The summed E-state index contributed by atoms with van der Waals surface area (Å²) in [5, 5.41) is 58.4. The van der Waals surface area contributed by atoms with E-state index in [1.54, 1.807) is 13.8 Å². The van der Waals surface area contributed by atoms with E-state index in [-0.39, 0.29) is 12.2 Å². The molecular weight excluding hydrogens is 664 g/mol. The predicted octanol–water partition coefficient (Wildman–Crippen LogP) is -2.59. The van der Waals surface area contributed by atoms with Crippen molar-refractivity contribution in [3.63, 3.8) is 0 Å². The van der Waals surface area contributed by atoms with E-state index in [0.29, 0.717) is 5.56 Å². The molecule has 0 spiro atoms. The number of carbonyl (C=O) groups is 8. The summed E-state index contributed by atoms with van der Waals surface area (Å²) in [4.78, 5) is 100. The summed E-state index contributed by atoms with van der Waals surface area (Å²) in [6, 6.07) is -3.50. The first-order valence-corrected chi connectivity index (χ1v) is 15.6. The average Bonchev–Trinajstić information content (AvgIpc) is 3.02. The minimum absolute atomic E-state index is 0.0720. The molecule has 6 atom stereocenters. The number of phenols is 1. The number of benzene rings is 1. The predicted molar refractivity (Wildman–Crippen MR) is 173 cm³/mol. The van der Waals surface area contributed by atoms with Crippen LogP contribution in [0, 0.1) is 11.8 Å². The van der Waals surface area contributed by atoms with Crippen LogP contribution in [0.1, 0.15) is 52.5 Å². The molecule has 0 bridgehead atoms. The molecular formula is C31H46N6O13. The van der Waals surface area contributed by atoms with Gasteiger partial charge in [0.25, 0.3) is 0 Å². The Labute approximate surface area is 287 Å². The molecule has 12 N–H and O–H groups in total.